The molecule has 0 aromatic heterocycles. The zero-order valence-electron chi connectivity index (χ0n) is 12.1. The van der Waals surface area contributed by atoms with Gasteiger partial charge in [-0.3, -0.25) is 4.79 Å². The van der Waals surface area contributed by atoms with Crippen LogP contribution in [0.25, 0.3) is 0 Å². The molecule has 0 aliphatic rings. The molecule has 0 heterocycles. The van der Waals surface area contributed by atoms with Crippen molar-refractivity contribution in [1.82, 2.24) is 0 Å². The first-order chi connectivity index (χ1) is 9.09. The van der Waals surface area contributed by atoms with Crippen LogP contribution < -0.4 is 5.32 Å². The van der Waals surface area contributed by atoms with Gasteiger partial charge in [-0.1, -0.05) is 28.1 Å². The minimum Gasteiger partial charge on any atom is -0.325 e. The van der Waals surface area contributed by atoms with E-state index in [0.29, 0.717) is 5.33 Å². The average molecular weight is 328 g/mol. The van der Waals surface area contributed by atoms with Gasteiger partial charge in [0.25, 0.3) is 0 Å². The van der Waals surface area contributed by atoms with Gasteiger partial charge in [0.05, 0.1) is 25.0 Å². The number of nitrogens with one attached hydrogen (secondary N) is 1. The van der Waals surface area contributed by atoms with Crippen LogP contribution in [0.5, 0.6) is 0 Å². The second kappa shape index (κ2) is 7.65. The molecule has 1 amide bonds. The summed E-state index contributed by atoms with van der Waals surface area (Å²) in [5.41, 5.74) is 2.18. The number of halogens is 1. The lowest BCUT2D eigenvalue weighted by atomic mass is 10.1. The van der Waals surface area contributed by atoms with Gasteiger partial charge in [0.2, 0.25) is 5.91 Å². The van der Waals surface area contributed by atoms with Gasteiger partial charge in [-0.2, -0.15) is 0 Å². The highest BCUT2D eigenvalue weighted by Gasteiger charge is 2.20. The molecular formula is C15H24BrN2O+. The van der Waals surface area contributed by atoms with Gasteiger partial charge in [0.15, 0.2) is 0 Å². The molecule has 0 saturated heterocycles. The molecule has 106 valence electrons. The summed E-state index contributed by atoms with van der Waals surface area (Å²) < 4.78 is 1.10. The molecule has 0 unspecified atom stereocenters. The zero-order chi connectivity index (χ0) is 14.3. The third kappa shape index (κ3) is 4.62. The average Bonchev–Trinajstić information content (AvgIpc) is 2.46. The van der Waals surface area contributed by atoms with Crippen molar-refractivity contribution in [2.24, 2.45) is 0 Å². The van der Waals surface area contributed by atoms with Crippen LogP contribution in [0.4, 0.5) is 5.69 Å². The van der Waals surface area contributed by atoms with Crippen molar-refractivity contribution in [3.63, 3.8) is 0 Å². The van der Waals surface area contributed by atoms with E-state index >= 15 is 0 Å². The Hall–Kier alpha value is -0.870. The van der Waals surface area contributed by atoms with Crippen molar-refractivity contribution in [3.8, 4) is 0 Å². The third-order valence-corrected chi connectivity index (χ3v) is 4.40. The molecule has 0 saturated carbocycles. The summed E-state index contributed by atoms with van der Waals surface area (Å²) in [6.45, 7) is 11.2. The van der Waals surface area contributed by atoms with Crippen molar-refractivity contribution in [2.75, 3.05) is 30.3 Å². The number of anilines is 1. The predicted octanol–water partition coefficient (Wildman–Crippen LogP) is 3.40. The number of rotatable bonds is 7. The van der Waals surface area contributed by atoms with Crippen molar-refractivity contribution < 1.29 is 9.28 Å². The number of hydrogen-bond acceptors (Lipinski definition) is 1. The van der Waals surface area contributed by atoms with Crippen LogP contribution in [0, 0.1) is 0 Å². The summed E-state index contributed by atoms with van der Waals surface area (Å²) >= 11 is 3.14. The lowest BCUT2D eigenvalue weighted by Crippen LogP contribution is -2.46. The topological polar surface area (TPSA) is 29.1 Å². The summed E-state index contributed by atoms with van der Waals surface area (Å²) in [4.78, 5) is 11.3. The number of amides is 1. The summed E-state index contributed by atoms with van der Waals surface area (Å²) in [6, 6.07) is 8.17. The molecule has 0 spiro atoms. The van der Waals surface area contributed by atoms with E-state index in [-0.39, 0.29) is 5.91 Å². The fraction of sp³-hybridized carbons (Fsp3) is 0.533. The Balaban J connectivity index is 2.73. The molecule has 0 aliphatic carbocycles. The number of quaternary nitrogens is 1. The lowest BCUT2D eigenvalue weighted by molar-refractivity contribution is -0.936. The van der Waals surface area contributed by atoms with Crippen LogP contribution in [0.3, 0.4) is 0 Å². The van der Waals surface area contributed by atoms with Crippen molar-refractivity contribution >= 4 is 27.5 Å². The van der Waals surface area contributed by atoms with E-state index in [1.54, 1.807) is 0 Å². The Morgan fingerprint density at radius 1 is 1.11 bits per heavy atom. The fourth-order valence-electron chi connectivity index (χ4n) is 2.28. The first-order valence-electron chi connectivity index (χ1n) is 6.89. The van der Waals surface area contributed by atoms with Gasteiger partial charge in [-0.05, 0) is 32.9 Å². The molecule has 1 rings (SSSR count). The van der Waals surface area contributed by atoms with E-state index in [0.717, 1.165) is 36.3 Å². The van der Waals surface area contributed by atoms with Crippen molar-refractivity contribution in [3.05, 3.63) is 29.8 Å². The van der Waals surface area contributed by atoms with Crippen molar-refractivity contribution in [2.45, 2.75) is 27.3 Å². The van der Waals surface area contributed by atoms with E-state index in [1.807, 2.05) is 12.1 Å². The molecule has 1 N–H and O–H groups in total. The number of carbonyl (C=O) groups excluding carboxylic acids is 1. The van der Waals surface area contributed by atoms with Crippen molar-refractivity contribution in [1.29, 1.82) is 0 Å². The Labute approximate surface area is 124 Å². The van der Waals surface area contributed by atoms with Crippen LogP contribution in [-0.4, -0.2) is 35.4 Å². The maximum atomic E-state index is 11.3. The summed E-state index contributed by atoms with van der Waals surface area (Å²) in [7, 11) is 0. The number of alkyl halides is 1. The Morgan fingerprint density at radius 2 is 1.63 bits per heavy atom. The van der Waals surface area contributed by atoms with Crippen LogP contribution >= 0.6 is 15.9 Å². The summed E-state index contributed by atoms with van der Waals surface area (Å²) in [6.07, 6.45) is 0. The SMILES string of the molecule is CC[N+](CC)(CC)Cc1ccc(NC(=O)CBr)cc1. The molecule has 0 fully saturated rings. The smallest absolute Gasteiger partial charge is 0.235 e. The molecule has 0 atom stereocenters. The first kappa shape index (κ1) is 16.2. The van der Waals surface area contributed by atoms with E-state index in [9.17, 15) is 4.79 Å². The van der Waals surface area contributed by atoms with Gasteiger partial charge in [-0.25, -0.2) is 0 Å². The minimum atomic E-state index is -0.0199. The minimum absolute atomic E-state index is 0.0199. The highest BCUT2D eigenvalue weighted by molar-refractivity contribution is 9.09. The number of nitrogens with zero attached hydrogens (tertiary/aromatic N) is 1. The van der Waals surface area contributed by atoms with Gasteiger partial charge < -0.3 is 9.80 Å². The maximum Gasteiger partial charge on any atom is 0.235 e. The number of hydrogen-bond donors (Lipinski definition) is 1. The van der Waals surface area contributed by atoms with E-state index < -0.39 is 0 Å². The molecule has 1 aromatic rings. The predicted molar refractivity (Wildman–Crippen MR) is 84.5 cm³/mol. The molecule has 0 aliphatic heterocycles. The normalized spacial score (nSPS) is 11.4. The van der Waals surface area contributed by atoms with E-state index in [4.69, 9.17) is 0 Å². The highest BCUT2D eigenvalue weighted by atomic mass is 79.9. The molecule has 0 bridgehead atoms. The molecule has 0 radical (unpaired) electrons. The van der Waals surface area contributed by atoms with Crippen LogP contribution in [0.15, 0.2) is 24.3 Å². The van der Waals surface area contributed by atoms with Gasteiger partial charge in [0, 0.05) is 11.3 Å². The standard InChI is InChI=1S/C15H23BrN2O/c1-4-18(5-2,6-3)12-13-7-9-14(10-8-13)17-15(19)11-16/h7-10H,4-6,11-12H2,1-3H3/p+1. The molecular weight excluding hydrogens is 304 g/mol. The first-order valence-corrected chi connectivity index (χ1v) is 8.01. The van der Waals surface area contributed by atoms with Crippen LogP contribution in [-0.2, 0) is 11.3 Å². The second-order valence-corrected chi connectivity index (χ2v) is 5.39. The number of carbonyl (C=O) groups is 1. The summed E-state index contributed by atoms with van der Waals surface area (Å²) in [5.74, 6) is -0.0199. The number of benzene rings is 1. The van der Waals surface area contributed by atoms with Gasteiger partial charge >= 0.3 is 0 Å². The van der Waals surface area contributed by atoms with E-state index in [1.165, 1.54) is 5.56 Å². The molecule has 3 nitrogen and oxygen atoms in total. The summed E-state index contributed by atoms with van der Waals surface area (Å²) in [5, 5.41) is 3.16. The maximum absolute atomic E-state index is 11.3. The Bertz CT molecular complexity index is 391. The molecule has 1 aromatic carbocycles. The lowest BCUT2D eigenvalue weighted by Gasteiger charge is -2.35. The van der Waals surface area contributed by atoms with Crippen LogP contribution in [0.1, 0.15) is 26.3 Å². The van der Waals surface area contributed by atoms with Crippen LogP contribution in [0.2, 0.25) is 0 Å². The largest absolute Gasteiger partial charge is 0.325 e. The quantitative estimate of drug-likeness (QED) is 0.603. The monoisotopic (exact) mass is 327 g/mol. The fourth-order valence-corrected chi connectivity index (χ4v) is 2.42. The third-order valence-electron chi connectivity index (χ3n) is 3.89. The van der Waals surface area contributed by atoms with Gasteiger partial charge in [-0.15, -0.1) is 0 Å². The Morgan fingerprint density at radius 3 is 2.05 bits per heavy atom. The second-order valence-electron chi connectivity index (χ2n) is 4.83. The van der Waals surface area contributed by atoms with Gasteiger partial charge in [0.1, 0.15) is 6.54 Å². The molecule has 4 heteroatoms. The Kier molecular flexibility index (Phi) is 6.52. The van der Waals surface area contributed by atoms with E-state index in [2.05, 4.69) is 54.2 Å². The molecule has 19 heavy (non-hydrogen) atoms. The zero-order valence-corrected chi connectivity index (χ0v) is 13.7. The highest BCUT2D eigenvalue weighted by Crippen LogP contribution is 2.16.